The molecule has 1 N–H and O–H groups in total. The monoisotopic (exact) mass is 364 g/mol. The normalized spacial score (nSPS) is 22.4. The summed E-state index contributed by atoms with van der Waals surface area (Å²) >= 11 is 6.29. The predicted octanol–water partition coefficient (Wildman–Crippen LogP) is 3.49. The van der Waals surface area contributed by atoms with Crippen LogP contribution < -0.4 is 10.2 Å². The van der Waals surface area contributed by atoms with Crippen LogP contribution >= 0.6 is 11.6 Å². The molecule has 1 aliphatic heterocycles. The molecule has 5 nitrogen and oxygen atoms in total. The number of carbonyl (C=O) groups excluding carboxylic acids is 1. The Balaban J connectivity index is 1.79. The molecule has 0 saturated carbocycles. The van der Waals surface area contributed by atoms with Crippen molar-refractivity contribution in [1.29, 1.82) is 0 Å². The summed E-state index contributed by atoms with van der Waals surface area (Å²) in [5, 5.41) is 3.28. The summed E-state index contributed by atoms with van der Waals surface area (Å²) < 4.78 is 0. The van der Waals surface area contributed by atoms with Gasteiger partial charge in [0.1, 0.15) is 5.82 Å². The molecule has 0 aromatic carbocycles. The van der Waals surface area contributed by atoms with Crippen molar-refractivity contribution in [2.75, 3.05) is 24.5 Å². The smallest absolute Gasteiger partial charge is 0.224 e. The first-order valence-electron chi connectivity index (χ1n) is 9.43. The van der Waals surface area contributed by atoms with Crippen molar-refractivity contribution in [1.82, 2.24) is 15.3 Å². The second-order valence-corrected chi connectivity index (χ2v) is 8.44. The molecule has 6 heteroatoms. The number of amides is 1. The molecule has 1 aliphatic carbocycles. The molecule has 0 spiro atoms. The van der Waals surface area contributed by atoms with Crippen molar-refractivity contribution < 1.29 is 4.79 Å². The van der Waals surface area contributed by atoms with Gasteiger partial charge >= 0.3 is 0 Å². The van der Waals surface area contributed by atoms with Crippen molar-refractivity contribution in [2.45, 2.75) is 64.7 Å². The topological polar surface area (TPSA) is 58.1 Å². The van der Waals surface area contributed by atoms with E-state index in [0.29, 0.717) is 11.2 Å². The number of aromatic nitrogens is 2. The van der Waals surface area contributed by atoms with Gasteiger partial charge in [-0.1, -0.05) is 13.8 Å². The lowest BCUT2D eigenvalue weighted by Gasteiger charge is -2.38. The zero-order valence-electron chi connectivity index (χ0n) is 15.6. The van der Waals surface area contributed by atoms with Crippen LogP contribution in [-0.4, -0.2) is 35.5 Å². The standard InChI is InChI=1S/C19H29ClN4O/c1-13(25)21-10-8-14-6-5-11-24(12-14)17-15-7-4-9-19(2,3)16(15)22-18(20)23-17/h14H,4-12H2,1-3H3,(H,21,25). The third-order valence-electron chi connectivity index (χ3n) is 5.57. The van der Waals surface area contributed by atoms with Crippen molar-refractivity contribution >= 4 is 23.3 Å². The second kappa shape index (κ2) is 7.48. The summed E-state index contributed by atoms with van der Waals surface area (Å²) in [6, 6.07) is 0. The minimum absolute atomic E-state index is 0.0477. The zero-order valence-corrected chi connectivity index (χ0v) is 16.3. The van der Waals surface area contributed by atoms with Crippen LogP contribution in [0.15, 0.2) is 0 Å². The van der Waals surface area contributed by atoms with E-state index < -0.39 is 0 Å². The molecular formula is C19H29ClN4O. The quantitative estimate of drug-likeness (QED) is 0.831. The summed E-state index contributed by atoms with van der Waals surface area (Å²) in [7, 11) is 0. The molecule has 2 heterocycles. The van der Waals surface area contributed by atoms with E-state index in [1.165, 1.54) is 18.4 Å². The van der Waals surface area contributed by atoms with Crippen LogP contribution in [0.1, 0.15) is 64.1 Å². The number of nitrogens with zero attached hydrogens (tertiary/aromatic N) is 3. The van der Waals surface area contributed by atoms with Gasteiger partial charge in [-0.15, -0.1) is 0 Å². The number of rotatable bonds is 4. The molecule has 1 atom stereocenters. The van der Waals surface area contributed by atoms with E-state index in [-0.39, 0.29) is 11.3 Å². The SMILES string of the molecule is CC(=O)NCCC1CCCN(c2nc(Cl)nc3c2CCCC3(C)C)C1. The van der Waals surface area contributed by atoms with Crippen molar-refractivity contribution in [3.8, 4) is 0 Å². The number of piperidine rings is 1. The van der Waals surface area contributed by atoms with E-state index >= 15 is 0 Å². The van der Waals surface area contributed by atoms with E-state index in [1.807, 2.05) is 0 Å². The van der Waals surface area contributed by atoms with E-state index in [9.17, 15) is 4.79 Å². The lowest BCUT2D eigenvalue weighted by Crippen LogP contribution is -2.39. The Morgan fingerprint density at radius 2 is 2.16 bits per heavy atom. The number of fused-ring (bicyclic) bond motifs is 1. The van der Waals surface area contributed by atoms with Crippen molar-refractivity contribution in [2.24, 2.45) is 5.92 Å². The highest BCUT2D eigenvalue weighted by molar-refractivity contribution is 6.28. The number of hydrogen-bond donors (Lipinski definition) is 1. The fourth-order valence-corrected chi connectivity index (χ4v) is 4.43. The number of hydrogen-bond acceptors (Lipinski definition) is 4. The molecule has 1 fully saturated rings. The van der Waals surface area contributed by atoms with Gasteiger partial charge in [0.15, 0.2) is 0 Å². The van der Waals surface area contributed by atoms with Crippen LogP contribution in [0.4, 0.5) is 5.82 Å². The lowest BCUT2D eigenvalue weighted by molar-refractivity contribution is -0.119. The largest absolute Gasteiger partial charge is 0.356 e. The minimum atomic E-state index is 0.0477. The summed E-state index contributed by atoms with van der Waals surface area (Å²) in [5.41, 5.74) is 2.49. The van der Waals surface area contributed by atoms with E-state index in [1.54, 1.807) is 6.92 Å². The van der Waals surface area contributed by atoms with Gasteiger partial charge < -0.3 is 10.2 Å². The molecule has 2 aliphatic rings. The maximum Gasteiger partial charge on any atom is 0.224 e. The molecule has 25 heavy (non-hydrogen) atoms. The average molecular weight is 365 g/mol. The van der Waals surface area contributed by atoms with Gasteiger partial charge in [0.25, 0.3) is 0 Å². The maximum atomic E-state index is 11.1. The first-order chi connectivity index (χ1) is 11.9. The molecule has 1 amide bonds. The van der Waals surface area contributed by atoms with Crippen LogP contribution in [0.2, 0.25) is 5.28 Å². The first kappa shape index (κ1) is 18.4. The highest BCUT2D eigenvalue weighted by Crippen LogP contribution is 2.40. The van der Waals surface area contributed by atoms with Gasteiger partial charge in [0, 0.05) is 37.5 Å². The van der Waals surface area contributed by atoms with Gasteiger partial charge in [-0.3, -0.25) is 4.79 Å². The molecule has 1 saturated heterocycles. The number of carbonyl (C=O) groups is 1. The molecule has 138 valence electrons. The minimum Gasteiger partial charge on any atom is -0.356 e. The Morgan fingerprint density at radius 1 is 1.36 bits per heavy atom. The average Bonchev–Trinajstić information content (AvgIpc) is 2.55. The van der Waals surface area contributed by atoms with Gasteiger partial charge in [-0.2, -0.15) is 0 Å². The summed E-state index contributed by atoms with van der Waals surface area (Å²) in [4.78, 5) is 22.7. The van der Waals surface area contributed by atoms with E-state index in [2.05, 4.69) is 34.0 Å². The van der Waals surface area contributed by atoms with Crippen LogP contribution in [0.5, 0.6) is 0 Å². The summed E-state index contributed by atoms with van der Waals surface area (Å²) in [5.74, 6) is 1.68. The molecule has 1 aromatic heterocycles. The molecular weight excluding hydrogens is 336 g/mol. The highest BCUT2D eigenvalue weighted by Gasteiger charge is 2.33. The van der Waals surface area contributed by atoms with Crippen LogP contribution in [0.3, 0.4) is 0 Å². The Morgan fingerprint density at radius 3 is 2.92 bits per heavy atom. The molecule has 3 rings (SSSR count). The highest BCUT2D eigenvalue weighted by atomic mass is 35.5. The zero-order chi connectivity index (χ0) is 18.0. The Bertz CT molecular complexity index is 647. The number of anilines is 1. The van der Waals surface area contributed by atoms with Crippen LogP contribution in [-0.2, 0) is 16.6 Å². The fraction of sp³-hybridized carbons (Fsp3) is 0.737. The van der Waals surface area contributed by atoms with Gasteiger partial charge in [-0.25, -0.2) is 9.97 Å². The predicted molar refractivity (Wildman–Crippen MR) is 101 cm³/mol. The van der Waals surface area contributed by atoms with Crippen LogP contribution in [0.25, 0.3) is 0 Å². The third-order valence-corrected chi connectivity index (χ3v) is 5.74. The maximum absolute atomic E-state index is 11.1. The number of halogens is 1. The van der Waals surface area contributed by atoms with Crippen LogP contribution in [0, 0.1) is 5.92 Å². The fourth-order valence-electron chi connectivity index (χ4n) is 4.27. The first-order valence-corrected chi connectivity index (χ1v) is 9.81. The molecule has 1 aromatic rings. The number of nitrogens with one attached hydrogen (secondary N) is 1. The van der Waals surface area contributed by atoms with Gasteiger partial charge in [-0.05, 0) is 56.0 Å². The summed E-state index contributed by atoms with van der Waals surface area (Å²) in [6.45, 7) is 8.85. The second-order valence-electron chi connectivity index (χ2n) is 8.11. The van der Waals surface area contributed by atoms with E-state index in [0.717, 1.165) is 56.8 Å². The third kappa shape index (κ3) is 4.25. The van der Waals surface area contributed by atoms with Gasteiger partial charge in [0.05, 0.1) is 5.69 Å². The Kier molecular flexibility index (Phi) is 5.52. The van der Waals surface area contributed by atoms with Gasteiger partial charge in [0.2, 0.25) is 11.2 Å². The Labute approximate surface area is 155 Å². The van der Waals surface area contributed by atoms with Crippen molar-refractivity contribution in [3.05, 3.63) is 16.5 Å². The van der Waals surface area contributed by atoms with Crippen molar-refractivity contribution in [3.63, 3.8) is 0 Å². The summed E-state index contributed by atoms with van der Waals surface area (Å²) in [6.07, 6.45) is 6.75. The molecule has 0 bridgehead atoms. The van der Waals surface area contributed by atoms with E-state index in [4.69, 9.17) is 11.6 Å². The molecule has 1 unspecified atom stereocenters. The lowest BCUT2D eigenvalue weighted by atomic mass is 9.76. The molecule has 0 radical (unpaired) electrons. The Hall–Kier alpha value is -1.36.